The maximum absolute atomic E-state index is 13.7. The van der Waals surface area contributed by atoms with E-state index in [1.807, 2.05) is 18.2 Å². The number of hydrogen-bond donors (Lipinski definition) is 1. The molecule has 0 aromatic heterocycles. The lowest BCUT2D eigenvalue weighted by atomic mass is 9.80. The second-order valence-corrected chi connectivity index (χ2v) is 7.09. The van der Waals surface area contributed by atoms with Crippen molar-refractivity contribution in [2.45, 2.75) is 37.6 Å². The molecule has 0 spiro atoms. The summed E-state index contributed by atoms with van der Waals surface area (Å²) in [5.74, 6) is -1.87. The minimum Gasteiger partial charge on any atom is -0.483 e. The molecule has 1 N–H and O–H groups in total. The summed E-state index contributed by atoms with van der Waals surface area (Å²) in [6, 6.07) is 12.6. The Kier molecular flexibility index (Phi) is 4.53. The van der Waals surface area contributed by atoms with Crippen molar-refractivity contribution in [2.24, 2.45) is 11.0 Å². The van der Waals surface area contributed by atoms with Crippen molar-refractivity contribution in [1.29, 1.82) is 0 Å². The molecule has 0 bridgehead atoms. The Morgan fingerprint density at radius 1 is 1.21 bits per heavy atom. The molecule has 0 radical (unpaired) electrons. The first-order valence-electron chi connectivity index (χ1n) is 9.12. The number of carbonyl (C=O) groups excluding carboxylic acids is 1. The van der Waals surface area contributed by atoms with E-state index in [9.17, 15) is 23.1 Å². The predicted molar refractivity (Wildman–Crippen MR) is 96.7 cm³/mol. The molecule has 1 fully saturated rings. The van der Waals surface area contributed by atoms with Gasteiger partial charge in [-0.05, 0) is 30.7 Å². The van der Waals surface area contributed by atoms with Crippen LogP contribution in [-0.4, -0.2) is 40.2 Å². The second kappa shape index (κ2) is 6.77. The smallest absolute Gasteiger partial charge is 0.439 e. The molecule has 2 aromatic rings. The second-order valence-electron chi connectivity index (χ2n) is 7.09. The lowest BCUT2D eigenvalue weighted by Gasteiger charge is -2.38. The minimum atomic E-state index is -5.02. The van der Waals surface area contributed by atoms with E-state index in [1.165, 1.54) is 0 Å². The number of rotatable bonds is 3. The van der Waals surface area contributed by atoms with Crippen LogP contribution in [0, 0.1) is 5.92 Å². The topological polar surface area (TPSA) is 62.1 Å². The van der Waals surface area contributed by atoms with E-state index >= 15 is 0 Å². The van der Waals surface area contributed by atoms with E-state index in [4.69, 9.17) is 4.74 Å². The van der Waals surface area contributed by atoms with Crippen LogP contribution in [0.1, 0.15) is 25.7 Å². The number of halogens is 3. The van der Waals surface area contributed by atoms with Gasteiger partial charge in [-0.3, -0.25) is 4.79 Å². The third-order valence-corrected chi connectivity index (χ3v) is 5.37. The highest BCUT2D eigenvalue weighted by Gasteiger charge is 2.68. The summed E-state index contributed by atoms with van der Waals surface area (Å²) < 4.78 is 46.7. The number of alkyl halides is 3. The summed E-state index contributed by atoms with van der Waals surface area (Å²) in [6.07, 6.45) is -3.29. The summed E-state index contributed by atoms with van der Waals surface area (Å²) in [5.41, 5.74) is -3.09. The molecule has 0 unspecified atom stereocenters. The molecule has 1 aliphatic carbocycles. The van der Waals surface area contributed by atoms with Gasteiger partial charge in [0.05, 0.1) is 5.92 Å². The molecule has 1 heterocycles. The van der Waals surface area contributed by atoms with E-state index in [1.54, 1.807) is 24.3 Å². The van der Waals surface area contributed by atoms with Gasteiger partial charge in [-0.1, -0.05) is 42.8 Å². The van der Waals surface area contributed by atoms with Crippen LogP contribution in [-0.2, 0) is 4.79 Å². The van der Waals surface area contributed by atoms with Gasteiger partial charge >= 0.3 is 6.18 Å². The Bertz CT molecular complexity index is 938. The lowest BCUT2D eigenvalue weighted by molar-refractivity contribution is -0.317. The highest BCUT2D eigenvalue weighted by molar-refractivity contribution is 5.94. The summed E-state index contributed by atoms with van der Waals surface area (Å²) in [7, 11) is 0. The predicted octanol–water partition coefficient (Wildman–Crippen LogP) is 3.86. The van der Waals surface area contributed by atoms with E-state index < -0.39 is 30.3 Å². The lowest BCUT2D eigenvalue weighted by Crippen LogP contribution is -2.62. The quantitative estimate of drug-likeness (QED) is 0.863. The average molecular weight is 392 g/mol. The molecular weight excluding hydrogens is 373 g/mol. The van der Waals surface area contributed by atoms with Crippen LogP contribution < -0.4 is 4.74 Å². The monoisotopic (exact) mass is 392 g/mol. The van der Waals surface area contributed by atoms with E-state index in [0.29, 0.717) is 25.0 Å². The highest BCUT2D eigenvalue weighted by Crippen LogP contribution is 2.48. The largest absolute Gasteiger partial charge is 0.483 e. The molecule has 2 aromatic carbocycles. The first-order valence-corrected chi connectivity index (χ1v) is 9.12. The van der Waals surface area contributed by atoms with Crippen molar-refractivity contribution in [1.82, 2.24) is 5.01 Å². The number of aliphatic hydroxyl groups is 1. The summed E-state index contributed by atoms with van der Waals surface area (Å²) in [5, 5.41) is 16.2. The summed E-state index contributed by atoms with van der Waals surface area (Å²) in [6.45, 7) is -0.657. The van der Waals surface area contributed by atoms with Gasteiger partial charge < -0.3 is 9.84 Å². The summed E-state index contributed by atoms with van der Waals surface area (Å²) >= 11 is 0. The van der Waals surface area contributed by atoms with Crippen molar-refractivity contribution in [3.8, 4) is 5.75 Å². The Morgan fingerprint density at radius 2 is 1.96 bits per heavy atom. The maximum atomic E-state index is 13.7. The molecule has 8 heteroatoms. The Balaban J connectivity index is 1.59. The average Bonchev–Trinajstić information content (AvgIpc) is 3.00. The highest BCUT2D eigenvalue weighted by atomic mass is 19.4. The van der Waals surface area contributed by atoms with Crippen LogP contribution in [0.25, 0.3) is 10.8 Å². The van der Waals surface area contributed by atoms with Crippen LogP contribution in [0.5, 0.6) is 5.75 Å². The van der Waals surface area contributed by atoms with Gasteiger partial charge in [-0.2, -0.15) is 23.3 Å². The van der Waals surface area contributed by atoms with E-state index in [2.05, 4.69) is 5.10 Å². The number of benzene rings is 2. The molecule has 1 aliphatic heterocycles. The van der Waals surface area contributed by atoms with Crippen molar-refractivity contribution in [3.05, 3.63) is 42.5 Å². The number of amides is 1. The third-order valence-electron chi connectivity index (χ3n) is 5.37. The molecule has 4 rings (SSSR count). The summed E-state index contributed by atoms with van der Waals surface area (Å²) in [4.78, 5) is 12.6. The molecule has 148 valence electrons. The Hall–Kier alpha value is -2.61. The van der Waals surface area contributed by atoms with Crippen LogP contribution in [0.2, 0.25) is 0 Å². The number of fused-ring (bicyclic) bond motifs is 2. The van der Waals surface area contributed by atoms with E-state index in [-0.39, 0.29) is 17.1 Å². The van der Waals surface area contributed by atoms with Gasteiger partial charge in [0, 0.05) is 11.1 Å². The Labute approximate surface area is 159 Å². The third kappa shape index (κ3) is 2.92. The van der Waals surface area contributed by atoms with Gasteiger partial charge in [-0.25, -0.2) is 0 Å². The van der Waals surface area contributed by atoms with Crippen molar-refractivity contribution < 1.29 is 27.8 Å². The van der Waals surface area contributed by atoms with Crippen LogP contribution >= 0.6 is 0 Å². The van der Waals surface area contributed by atoms with Crippen molar-refractivity contribution in [3.63, 3.8) is 0 Å². The number of hydrazone groups is 1. The SMILES string of the molecule is O=C(COc1cccc2ccccc12)N1N=C2CCCC[C@@H]2[C@@]1(O)C(F)(F)F. The molecule has 1 amide bonds. The number of nitrogens with zero attached hydrogens (tertiary/aromatic N) is 2. The van der Waals surface area contributed by atoms with Gasteiger partial charge in [0.15, 0.2) is 6.61 Å². The number of carbonyl (C=O) groups is 1. The first kappa shape index (κ1) is 18.7. The fraction of sp³-hybridized carbons (Fsp3) is 0.400. The standard InChI is InChI=1S/C20H19F3N2O3/c21-20(22,23)19(27)15-9-3-4-10-16(15)24-25(19)18(26)12-28-17-11-5-7-13-6-1-2-8-14(13)17/h1-2,5-8,11,15,27H,3-4,9-10,12H2/t15-,19+/m0/s1. The molecule has 1 saturated carbocycles. The van der Waals surface area contributed by atoms with Gasteiger partial charge in [0.2, 0.25) is 0 Å². The molecule has 2 aliphatic rings. The molecule has 2 atom stereocenters. The maximum Gasteiger partial charge on any atom is 0.439 e. The van der Waals surface area contributed by atoms with Crippen LogP contribution in [0.15, 0.2) is 47.6 Å². The number of ether oxygens (including phenoxy) is 1. The van der Waals surface area contributed by atoms with Gasteiger partial charge in [0.25, 0.3) is 11.6 Å². The minimum absolute atomic E-state index is 0.142. The van der Waals surface area contributed by atoms with Gasteiger partial charge in [0.1, 0.15) is 5.75 Å². The van der Waals surface area contributed by atoms with Gasteiger partial charge in [-0.15, -0.1) is 0 Å². The molecule has 5 nitrogen and oxygen atoms in total. The molecular formula is C20H19F3N2O3. The van der Waals surface area contributed by atoms with Crippen LogP contribution in [0.3, 0.4) is 0 Å². The zero-order valence-electron chi connectivity index (χ0n) is 14.9. The fourth-order valence-electron chi connectivity index (χ4n) is 3.99. The number of hydrogen-bond acceptors (Lipinski definition) is 4. The Morgan fingerprint density at radius 3 is 2.75 bits per heavy atom. The zero-order chi connectivity index (χ0) is 19.9. The van der Waals surface area contributed by atoms with Crippen LogP contribution in [0.4, 0.5) is 13.2 Å². The zero-order valence-corrected chi connectivity index (χ0v) is 14.9. The van der Waals surface area contributed by atoms with Crippen molar-refractivity contribution >= 4 is 22.4 Å². The molecule has 28 heavy (non-hydrogen) atoms. The van der Waals surface area contributed by atoms with E-state index in [0.717, 1.165) is 10.8 Å². The first-order chi connectivity index (χ1) is 13.3. The normalized spacial score (nSPS) is 24.8. The fourth-order valence-corrected chi connectivity index (χ4v) is 3.99. The molecule has 0 saturated heterocycles. The van der Waals surface area contributed by atoms with Crippen molar-refractivity contribution in [2.75, 3.05) is 6.61 Å².